The van der Waals surface area contributed by atoms with E-state index in [9.17, 15) is 0 Å². The summed E-state index contributed by atoms with van der Waals surface area (Å²) in [5.41, 5.74) is 5.44. The predicted molar refractivity (Wildman–Crippen MR) is 115 cm³/mol. The van der Waals surface area contributed by atoms with Gasteiger partial charge in [-0.05, 0) is 41.0 Å². The number of aromatic nitrogens is 3. The summed E-state index contributed by atoms with van der Waals surface area (Å²) in [7, 11) is 0. The van der Waals surface area contributed by atoms with Crippen LogP contribution in [0.2, 0.25) is 5.02 Å². The molecule has 2 aromatic heterocycles. The molecule has 0 N–H and O–H groups in total. The molecule has 0 spiro atoms. The van der Waals surface area contributed by atoms with Gasteiger partial charge in [0, 0.05) is 41.2 Å². The lowest BCUT2D eigenvalue weighted by molar-refractivity contribution is 0.532. The quantitative estimate of drug-likeness (QED) is 0.409. The molecule has 0 aliphatic heterocycles. The van der Waals surface area contributed by atoms with E-state index in [0.29, 0.717) is 11.8 Å². The Kier molecular flexibility index (Phi) is 5.20. The normalized spacial score (nSPS) is 11.6. The van der Waals surface area contributed by atoms with E-state index in [2.05, 4.69) is 65.4 Å². The van der Waals surface area contributed by atoms with E-state index < -0.39 is 0 Å². The molecule has 2 heterocycles. The third-order valence-electron chi connectivity index (χ3n) is 5.22. The molecule has 0 radical (unpaired) electrons. The van der Waals surface area contributed by atoms with Crippen molar-refractivity contribution in [1.82, 2.24) is 15.2 Å². The highest BCUT2D eigenvalue weighted by Crippen LogP contribution is 2.32. The smallest absolute Gasteiger partial charge is 0.247 e. The van der Waals surface area contributed by atoms with E-state index in [1.54, 1.807) is 13.1 Å². The Morgan fingerprint density at radius 2 is 1.55 bits per heavy atom. The van der Waals surface area contributed by atoms with Gasteiger partial charge >= 0.3 is 0 Å². The molecule has 0 saturated heterocycles. The number of halogens is 1. The zero-order chi connectivity index (χ0) is 20.4. The fraction of sp³-hybridized carbons (Fsp3) is 0.208. The number of nitrogens with zero attached hydrogens (tertiary/aromatic N) is 3. The average molecular weight is 404 g/mol. The second kappa shape index (κ2) is 7.80. The molecule has 4 nitrogen and oxygen atoms in total. The van der Waals surface area contributed by atoms with Crippen molar-refractivity contribution < 1.29 is 4.42 Å². The first-order valence-electron chi connectivity index (χ1n) is 9.53. The Labute approximate surface area is 175 Å². The van der Waals surface area contributed by atoms with Crippen LogP contribution in [0.5, 0.6) is 0 Å². The molecule has 146 valence electrons. The molecule has 0 aliphatic carbocycles. The maximum absolute atomic E-state index is 6.04. The lowest BCUT2D eigenvalue weighted by atomic mass is 9.78. The number of hydrogen-bond acceptors (Lipinski definition) is 4. The van der Waals surface area contributed by atoms with Gasteiger partial charge in [0.05, 0.1) is 0 Å². The molecule has 4 aromatic rings. The number of benzene rings is 2. The summed E-state index contributed by atoms with van der Waals surface area (Å²) in [6.07, 6.45) is 2.52. The second-order valence-electron chi connectivity index (χ2n) is 7.67. The standard InChI is InChI=1S/C24H22ClN3O/c1-16-27-28-23(29-16)18-12-13-26-22(15-18)14-17-4-6-19(7-5-17)24(2,3)20-8-10-21(25)11-9-20/h4-13,15H,14H2,1-3H3. The minimum absolute atomic E-state index is 0.100. The highest BCUT2D eigenvalue weighted by molar-refractivity contribution is 6.30. The lowest BCUT2D eigenvalue weighted by Crippen LogP contribution is -2.18. The summed E-state index contributed by atoms with van der Waals surface area (Å²) in [6, 6.07) is 20.6. The van der Waals surface area contributed by atoms with Crippen molar-refractivity contribution in [3.8, 4) is 11.5 Å². The Bertz CT molecular complexity index is 1120. The van der Waals surface area contributed by atoms with Crippen molar-refractivity contribution in [3.05, 3.63) is 100 Å². The van der Waals surface area contributed by atoms with Gasteiger partial charge in [-0.2, -0.15) is 0 Å². The average Bonchev–Trinajstić information content (AvgIpc) is 3.15. The van der Waals surface area contributed by atoms with E-state index in [1.165, 1.54) is 16.7 Å². The Hall–Kier alpha value is -2.98. The molecule has 5 heteroatoms. The zero-order valence-corrected chi connectivity index (χ0v) is 17.4. The van der Waals surface area contributed by atoms with Crippen LogP contribution < -0.4 is 0 Å². The van der Waals surface area contributed by atoms with Gasteiger partial charge in [-0.1, -0.05) is 61.8 Å². The van der Waals surface area contributed by atoms with E-state index in [-0.39, 0.29) is 5.41 Å². The van der Waals surface area contributed by atoms with Crippen LogP contribution >= 0.6 is 11.6 Å². The van der Waals surface area contributed by atoms with Gasteiger partial charge in [0.25, 0.3) is 0 Å². The fourth-order valence-corrected chi connectivity index (χ4v) is 3.53. The molecular weight excluding hydrogens is 382 g/mol. The molecular formula is C24H22ClN3O. The van der Waals surface area contributed by atoms with Gasteiger partial charge in [-0.3, -0.25) is 4.98 Å². The van der Waals surface area contributed by atoms with E-state index >= 15 is 0 Å². The van der Waals surface area contributed by atoms with Gasteiger partial charge in [-0.25, -0.2) is 0 Å². The van der Waals surface area contributed by atoms with Crippen LogP contribution in [0.4, 0.5) is 0 Å². The summed E-state index contributed by atoms with van der Waals surface area (Å²) >= 11 is 6.04. The van der Waals surface area contributed by atoms with E-state index in [0.717, 1.165) is 22.7 Å². The summed E-state index contributed by atoms with van der Waals surface area (Å²) in [4.78, 5) is 4.49. The highest BCUT2D eigenvalue weighted by Gasteiger charge is 2.22. The Morgan fingerprint density at radius 3 is 2.17 bits per heavy atom. The summed E-state index contributed by atoms with van der Waals surface area (Å²) in [5.74, 6) is 1.07. The Morgan fingerprint density at radius 1 is 0.897 bits per heavy atom. The van der Waals surface area contributed by atoms with Crippen LogP contribution in [-0.2, 0) is 11.8 Å². The predicted octanol–water partition coefficient (Wildman–Crippen LogP) is 6.01. The van der Waals surface area contributed by atoms with Gasteiger partial charge in [0.15, 0.2) is 0 Å². The SMILES string of the molecule is Cc1nnc(-c2ccnc(Cc3ccc(C(C)(C)c4ccc(Cl)cc4)cc3)c2)o1. The highest BCUT2D eigenvalue weighted by atomic mass is 35.5. The number of rotatable bonds is 5. The van der Waals surface area contributed by atoms with Crippen LogP contribution in [0.15, 0.2) is 71.3 Å². The largest absolute Gasteiger partial charge is 0.421 e. The molecule has 0 atom stereocenters. The maximum atomic E-state index is 6.04. The molecule has 0 aliphatic rings. The number of aryl methyl sites for hydroxylation is 1. The molecule has 0 amide bonds. The topological polar surface area (TPSA) is 51.8 Å². The third kappa shape index (κ3) is 4.22. The fourth-order valence-electron chi connectivity index (χ4n) is 3.40. The molecule has 0 bridgehead atoms. The van der Waals surface area contributed by atoms with E-state index in [1.807, 2.05) is 24.3 Å². The first kappa shape index (κ1) is 19.3. The van der Waals surface area contributed by atoms with E-state index in [4.69, 9.17) is 16.0 Å². The number of hydrogen-bond donors (Lipinski definition) is 0. The summed E-state index contributed by atoms with van der Waals surface area (Å²) < 4.78 is 5.52. The van der Waals surface area contributed by atoms with Crippen molar-refractivity contribution in [1.29, 1.82) is 0 Å². The van der Waals surface area contributed by atoms with Gasteiger partial charge in [0.2, 0.25) is 11.8 Å². The van der Waals surface area contributed by atoms with Gasteiger partial charge in [0.1, 0.15) is 0 Å². The first-order valence-corrected chi connectivity index (χ1v) is 9.90. The van der Waals surface area contributed by atoms with Crippen LogP contribution in [0.3, 0.4) is 0 Å². The molecule has 0 saturated carbocycles. The van der Waals surface area contributed by atoms with Crippen molar-refractivity contribution in [2.45, 2.75) is 32.6 Å². The zero-order valence-electron chi connectivity index (χ0n) is 16.7. The van der Waals surface area contributed by atoms with Crippen molar-refractivity contribution in [2.75, 3.05) is 0 Å². The first-order chi connectivity index (χ1) is 13.9. The summed E-state index contributed by atoms with van der Waals surface area (Å²) in [5, 5.41) is 8.73. The maximum Gasteiger partial charge on any atom is 0.247 e. The van der Waals surface area contributed by atoms with Crippen LogP contribution in [-0.4, -0.2) is 15.2 Å². The van der Waals surface area contributed by atoms with Crippen LogP contribution in [0.25, 0.3) is 11.5 Å². The van der Waals surface area contributed by atoms with Gasteiger partial charge < -0.3 is 4.42 Å². The molecule has 29 heavy (non-hydrogen) atoms. The van der Waals surface area contributed by atoms with Crippen molar-refractivity contribution in [2.24, 2.45) is 0 Å². The summed E-state index contributed by atoms with van der Waals surface area (Å²) in [6.45, 7) is 6.23. The second-order valence-corrected chi connectivity index (χ2v) is 8.10. The molecule has 0 unspecified atom stereocenters. The van der Waals surface area contributed by atoms with Crippen molar-refractivity contribution >= 4 is 11.6 Å². The minimum atomic E-state index is -0.100. The van der Waals surface area contributed by atoms with Crippen LogP contribution in [0.1, 0.15) is 42.1 Å². The Balaban J connectivity index is 1.53. The van der Waals surface area contributed by atoms with Crippen LogP contribution in [0, 0.1) is 6.92 Å². The monoisotopic (exact) mass is 403 g/mol. The van der Waals surface area contributed by atoms with Gasteiger partial charge in [-0.15, -0.1) is 10.2 Å². The minimum Gasteiger partial charge on any atom is -0.421 e. The third-order valence-corrected chi connectivity index (χ3v) is 5.47. The molecule has 4 rings (SSSR count). The number of pyridine rings is 1. The molecule has 2 aromatic carbocycles. The van der Waals surface area contributed by atoms with Crippen molar-refractivity contribution in [3.63, 3.8) is 0 Å². The molecule has 0 fully saturated rings. The lowest BCUT2D eigenvalue weighted by Gasteiger charge is -2.26.